The molecule has 8 nitrogen and oxygen atoms in total. The lowest BCUT2D eigenvalue weighted by atomic mass is 10.3. The first-order valence-electron chi connectivity index (χ1n) is 3.69. The lowest BCUT2D eigenvalue weighted by Crippen LogP contribution is -2.33. The average Bonchev–Trinajstić information content (AvgIpc) is 2.51. The fraction of sp³-hybridized carbons (Fsp3) is 0.333. The van der Waals surface area contributed by atoms with E-state index in [1.165, 1.54) is 6.92 Å². The van der Waals surface area contributed by atoms with Gasteiger partial charge in [0.15, 0.2) is 5.82 Å². The van der Waals surface area contributed by atoms with E-state index in [0.717, 1.165) is 0 Å². The van der Waals surface area contributed by atoms with Crippen LogP contribution in [0.5, 0.6) is 0 Å². The summed E-state index contributed by atoms with van der Waals surface area (Å²) in [6.45, 7) is 1.49. The van der Waals surface area contributed by atoms with Crippen LogP contribution in [-0.2, 0) is 9.59 Å². The van der Waals surface area contributed by atoms with Gasteiger partial charge in [-0.1, -0.05) is 0 Å². The van der Waals surface area contributed by atoms with Crippen molar-refractivity contribution in [3.05, 3.63) is 16.3 Å². The summed E-state index contributed by atoms with van der Waals surface area (Å²) in [6.07, 6.45) is 0. The normalized spacial score (nSPS) is 12.1. The van der Waals surface area contributed by atoms with Gasteiger partial charge in [0.05, 0.1) is 6.04 Å². The Kier molecular flexibility index (Phi) is 2.65. The molecule has 8 heteroatoms. The first kappa shape index (κ1) is 9.96. The summed E-state index contributed by atoms with van der Waals surface area (Å²) in [7, 11) is 0. The van der Waals surface area contributed by atoms with Crippen molar-refractivity contribution in [3.63, 3.8) is 0 Å². The van der Waals surface area contributed by atoms with Crippen LogP contribution in [0.3, 0.4) is 0 Å². The number of amides is 1. The molecule has 0 fully saturated rings. The van der Waals surface area contributed by atoms with Crippen LogP contribution >= 0.6 is 0 Å². The van der Waals surface area contributed by atoms with Gasteiger partial charge in [-0.25, -0.2) is 14.7 Å². The van der Waals surface area contributed by atoms with Crippen molar-refractivity contribution in [2.75, 3.05) is 0 Å². The van der Waals surface area contributed by atoms with Crippen LogP contribution in [0.4, 0.5) is 0 Å². The summed E-state index contributed by atoms with van der Waals surface area (Å²) in [4.78, 5) is 33.8. The molecule has 0 aliphatic heterocycles. The Morgan fingerprint density at radius 2 is 2.21 bits per heavy atom. The van der Waals surface area contributed by atoms with E-state index in [2.05, 4.69) is 20.5 Å². The van der Waals surface area contributed by atoms with Crippen molar-refractivity contribution < 1.29 is 14.7 Å². The number of carbonyl (C=O) groups excluding carboxylic acids is 1. The molecule has 0 saturated heterocycles. The standard InChI is InChI=1S/C6H8N4O4/c1-2(7-4(11)5(12)13)3-8-6(14)10-9-3/h2H,1H3,(H,7,11)(H,12,13)(H2,8,9,10,14). The number of carbonyl (C=O) groups is 2. The molecule has 1 aromatic heterocycles. The van der Waals surface area contributed by atoms with E-state index < -0.39 is 23.6 Å². The summed E-state index contributed by atoms with van der Waals surface area (Å²) in [5.74, 6) is -2.57. The molecule has 0 spiro atoms. The Labute approximate surface area is 77.3 Å². The molecule has 4 N–H and O–H groups in total. The minimum absolute atomic E-state index is 0.171. The number of H-pyrrole nitrogens is 2. The number of aromatic amines is 2. The molecular formula is C6H8N4O4. The molecule has 0 aliphatic rings. The van der Waals surface area contributed by atoms with Gasteiger partial charge in [-0.15, -0.1) is 0 Å². The molecule has 1 atom stereocenters. The molecule has 76 valence electrons. The van der Waals surface area contributed by atoms with Crippen LogP contribution in [0.1, 0.15) is 18.8 Å². The molecular weight excluding hydrogens is 192 g/mol. The molecule has 0 radical (unpaired) electrons. The van der Waals surface area contributed by atoms with Gasteiger partial charge >= 0.3 is 17.6 Å². The molecule has 0 saturated carbocycles. The second kappa shape index (κ2) is 3.73. The zero-order chi connectivity index (χ0) is 10.7. The summed E-state index contributed by atoms with van der Waals surface area (Å²) in [5, 5.41) is 16.0. The smallest absolute Gasteiger partial charge is 0.394 e. The van der Waals surface area contributed by atoms with Crippen molar-refractivity contribution in [2.45, 2.75) is 13.0 Å². The number of aromatic nitrogens is 3. The first-order valence-corrected chi connectivity index (χ1v) is 3.69. The van der Waals surface area contributed by atoms with Gasteiger partial charge < -0.3 is 10.4 Å². The highest BCUT2D eigenvalue weighted by atomic mass is 16.4. The minimum Gasteiger partial charge on any atom is -0.474 e. The Balaban J connectivity index is 2.68. The zero-order valence-corrected chi connectivity index (χ0v) is 7.20. The molecule has 1 unspecified atom stereocenters. The number of aliphatic carboxylic acids is 1. The highest BCUT2D eigenvalue weighted by molar-refractivity contribution is 6.31. The Bertz CT molecular complexity index is 406. The Morgan fingerprint density at radius 3 is 2.64 bits per heavy atom. The maximum Gasteiger partial charge on any atom is 0.394 e. The van der Waals surface area contributed by atoms with Gasteiger partial charge in [0.25, 0.3) is 0 Å². The number of carboxylic acids is 1. The highest BCUT2D eigenvalue weighted by Crippen LogP contribution is 2.01. The Hall–Kier alpha value is -2.12. The van der Waals surface area contributed by atoms with Gasteiger partial charge in [-0.2, -0.15) is 5.10 Å². The molecule has 14 heavy (non-hydrogen) atoms. The summed E-state index contributed by atoms with van der Waals surface area (Å²) in [6, 6.07) is -0.669. The maximum atomic E-state index is 10.7. The van der Waals surface area contributed by atoms with Gasteiger partial charge in [0.1, 0.15) is 0 Å². The van der Waals surface area contributed by atoms with Crippen molar-refractivity contribution in [1.29, 1.82) is 0 Å². The number of rotatable bonds is 2. The molecule has 0 aliphatic carbocycles. The lowest BCUT2D eigenvalue weighted by molar-refractivity contribution is -0.150. The molecule has 1 rings (SSSR count). The number of hydrogen-bond donors (Lipinski definition) is 4. The van der Waals surface area contributed by atoms with E-state index in [9.17, 15) is 14.4 Å². The van der Waals surface area contributed by atoms with Gasteiger partial charge in [-0.3, -0.25) is 9.78 Å². The van der Waals surface area contributed by atoms with Crippen molar-refractivity contribution in [1.82, 2.24) is 20.5 Å². The predicted octanol–water partition coefficient (Wildman–Crippen LogP) is -1.64. The third-order valence-electron chi connectivity index (χ3n) is 1.47. The fourth-order valence-electron chi connectivity index (χ4n) is 0.815. The van der Waals surface area contributed by atoms with Gasteiger partial charge in [-0.05, 0) is 6.92 Å². The fourth-order valence-corrected chi connectivity index (χ4v) is 0.815. The quantitative estimate of drug-likeness (QED) is 0.425. The van der Waals surface area contributed by atoms with E-state index in [-0.39, 0.29) is 5.82 Å². The SMILES string of the molecule is CC(NC(=O)C(=O)O)c1n[nH]c(=O)[nH]1. The predicted molar refractivity (Wildman–Crippen MR) is 43.4 cm³/mol. The van der Waals surface area contributed by atoms with Crippen LogP contribution in [0.2, 0.25) is 0 Å². The van der Waals surface area contributed by atoms with Crippen LogP contribution < -0.4 is 11.0 Å². The monoisotopic (exact) mass is 200 g/mol. The van der Waals surface area contributed by atoms with Crippen LogP contribution in [0, 0.1) is 0 Å². The maximum absolute atomic E-state index is 10.7. The number of nitrogens with one attached hydrogen (secondary N) is 3. The topological polar surface area (TPSA) is 128 Å². The van der Waals surface area contributed by atoms with Gasteiger partial charge in [0.2, 0.25) is 0 Å². The van der Waals surface area contributed by atoms with Crippen LogP contribution in [0.15, 0.2) is 4.79 Å². The van der Waals surface area contributed by atoms with Gasteiger partial charge in [0, 0.05) is 0 Å². The van der Waals surface area contributed by atoms with E-state index in [4.69, 9.17) is 5.11 Å². The lowest BCUT2D eigenvalue weighted by Gasteiger charge is -2.07. The van der Waals surface area contributed by atoms with Crippen LogP contribution in [0.25, 0.3) is 0 Å². The third kappa shape index (κ3) is 2.19. The van der Waals surface area contributed by atoms with Crippen LogP contribution in [-0.4, -0.2) is 32.2 Å². The number of nitrogens with zero attached hydrogens (tertiary/aromatic N) is 1. The molecule has 0 bridgehead atoms. The van der Waals surface area contributed by atoms with E-state index in [1.807, 2.05) is 0 Å². The average molecular weight is 200 g/mol. The van der Waals surface area contributed by atoms with Crippen molar-refractivity contribution in [3.8, 4) is 0 Å². The van der Waals surface area contributed by atoms with Crippen molar-refractivity contribution in [2.24, 2.45) is 0 Å². The van der Waals surface area contributed by atoms with E-state index in [1.54, 1.807) is 0 Å². The third-order valence-corrected chi connectivity index (χ3v) is 1.47. The second-order valence-electron chi connectivity index (χ2n) is 2.56. The number of hydrogen-bond acceptors (Lipinski definition) is 4. The molecule has 1 amide bonds. The highest BCUT2D eigenvalue weighted by Gasteiger charge is 2.17. The van der Waals surface area contributed by atoms with E-state index >= 15 is 0 Å². The second-order valence-corrected chi connectivity index (χ2v) is 2.56. The Morgan fingerprint density at radius 1 is 1.57 bits per heavy atom. The summed E-state index contributed by atoms with van der Waals surface area (Å²) >= 11 is 0. The first-order chi connectivity index (χ1) is 6.50. The number of carboxylic acid groups (broad SMARTS) is 1. The van der Waals surface area contributed by atoms with E-state index in [0.29, 0.717) is 0 Å². The molecule has 1 aromatic rings. The van der Waals surface area contributed by atoms with Crippen molar-refractivity contribution >= 4 is 11.9 Å². The summed E-state index contributed by atoms with van der Waals surface area (Å²) in [5.41, 5.74) is -0.517. The zero-order valence-electron chi connectivity index (χ0n) is 7.20. The largest absolute Gasteiger partial charge is 0.474 e. The minimum atomic E-state index is -1.59. The molecule has 1 heterocycles. The molecule has 0 aromatic carbocycles. The summed E-state index contributed by atoms with van der Waals surface area (Å²) < 4.78 is 0.